The van der Waals surface area contributed by atoms with Crippen LogP contribution >= 0.6 is 0 Å². The molecule has 1 unspecified atom stereocenters. The van der Waals surface area contributed by atoms with E-state index in [-0.39, 0.29) is 0 Å². The number of hydrogen-bond donors (Lipinski definition) is 2. The van der Waals surface area contributed by atoms with Crippen LogP contribution in [0.1, 0.15) is 28.3 Å². The minimum Gasteiger partial charge on any atom is -0.478 e. The van der Waals surface area contributed by atoms with E-state index in [1.54, 1.807) is 12.1 Å². The van der Waals surface area contributed by atoms with Crippen LogP contribution in [0.25, 0.3) is 0 Å². The first-order valence-electron chi connectivity index (χ1n) is 5.39. The van der Waals surface area contributed by atoms with Crippen molar-refractivity contribution in [2.24, 2.45) is 0 Å². The number of likely N-dealkylation sites (tertiary alicyclic amines) is 1. The first-order valence-corrected chi connectivity index (χ1v) is 5.39. The lowest BCUT2D eigenvalue weighted by Crippen LogP contribution is -2.15. The molecule has 4 nitrogen and oxygen atoms in total. The molecule has 1 aliphatic heterocycles. The minimum absolute atomic E-state index is 0.316. The highest BCUT2D eigenvalue weighted by molar-refractivity contribution is 5.90. The van der Waals surface area contributed by atoms with Crippen molar-refractivity contribution >= 4 is 11.7 Å². The molecule has 0 amide bonds. The van der Waals surface area contributed by atoms with Crippen LogP contribution in [0.5, 0.6) is 0 Å². The van der Waals surface area contributed by atoms with Gasteiger partial charge in [0.15, 0.2) is 0 Å². The van der Waals surface area contributed by atoms with Gasteiger partial charge in [-0.25, -0.2) is 4.79 Å². The molecule has 86 valence electrons. The Bertz CT molecular complexity index is 417. The van der Waals surface area contributed by atoms with Crippen LogP contribution in [0, 0.1) is 0 Å². The number of likely N-dealkylation sites (N-methyl/N-ethyl adjacent to an activating group) is 1. The largest absolute Gasteiger partial charge is 0.478 e. The van der Waals surface area contributed by atoms with E-state index in [1.807, 2.05) is 6.07 Å². The number of hydrogen-bond acceptors (Lipinski definition) is 3. The molecular weight excluding hydrogens is 204 g/mol. The average molecular weight is 220 g/mol. The highest BCUT2D eigenvalue weighted by Gasteiger charge is 2.25. The molecule has 4 heteroatoms. The quantitative estimate of drug-likeness (QED) is 0.739. The van der Waals surface area contributed by atoms with Gasteiger partial charge < -0.3 is 15.7 Å². The van der Waals surface area contributed by atoms with Crippen LogP contribution in [-0.4, -0.2) is 36.1 Å². The lowest BCUT2D eigenvalue weighted by atomic mass is 9.93. The zero-order chi connectivity index (χ0) is 11.7. The monoisotopic (exact) mass is 220 g/mol. The van der Waals surface area contributed by atoms with Crippen LogP contribution in [0.3, 0.4) is 0 Å². The lowest BCUT2D eigenvalue weighted by Gasteiger charge is -2.14. The number of carbonyl (C=O) groups is 1. The van der Waals surface area contributed by atoms with E-state index in [4.69, 9.17) is 10.8 Å². The molecule has 1 aliphatic rings. The second kappa shape index (κ2) is 4.14. The van der Waals surface area contributed by atoms with E-state index in [9.17, 15) is 4.79 Å². The van der Waals surface area contributed by atoms with E-state index in [2.05, 4.69) is 11.9 Å². The summed E-state index contributed by atoms with van der Waals surface area (Å²) in [4.78, 5) is 13.4. The number of nitrogen functional groups attached to an aromatic ring is 1. The fraction of sp³-hybridized carbons (Fsp3) is 0.417. The highest BCUT2D eigenvalue weighted by atomic mass is 16.4. The SMILES string of the molecule is CN1CCC(c2ccc(N)cc2C(=O)O)C1. The summed E-state index contributed by atoms with van der Waals surface area (Å²) in [5, 5.41) is 9.15. The summed E-state index contributed by atoms with van der Waals surface area (Å²) in [5.41, 5.74) is 7.38. The third kappa shape index (κ3) is 2.02. The third-order valence-electron chi connectivity index (χ3n) is 3.14. The van der Waals surface area contributed by atoms with Gasteiger partial charge in [-0.15, -0.1) is 0 Å². The predicted octanol–water partition coefficient (Wildman–Crippen LogP) is 1.39. The van der Waals surface area contributed by atoms with Crippen molar-refractivity contribution in [3.8, 4) is 0 Å². The summed E-state index contributed by atoms with van der Waals surface area (Å²) in [6, 6.07) is 5.18. The van der Waals surface area contributed by atoms with E-state index in [0.29, 0.717) is 17.2 Å². The van der Waals surface area contributed by atoms with Gasteiger partial charge in [-0.3, -0.25) is 0 Å². The Kier molecular flexibility index (Phi) is 2.83. The number of benzene rings is 1. The Labute approximate surface area is 94.7 Å². The van der Waals surface area contributed by atoms with Crippen molar-refractivity contribution in [2.75, 3.05) is 25.9 Å². The Morgan fingerprint density at radius 1 is 1.56 bits per heavy atom. The van der Waals surface area contributed by atoms with Gasteiger partial charge in [0.05, 0.1) is 5.56 Å². The molecule has 0 spiro atoms. The van der Waals surface area contributed by atoms with Gasteiger partial charge in [0.25, 0.3) is 0 Å². The number of carboxylic acids is 1. The summed E-state index contributed by atoms with van der Waals surface area (Å²) >= 11 is 0. The summed E-state index contributed by atoms with van der Waals surface area (Å²) < 4.78 is 0. The summed E-state index contributed by atoms with van der Waals surface area (Å²) in [7, 11) is 2.05. The van der Waals surface area contributed by atoms with Gasteiger partial charge >= 0.3 is 5.97 Å². The molecule has 1 aromatic rings. The van der Waals surface area contributed by atoms with Crippen LogP contribution in [0.4, 0.5) is 5.69 Å². The van der Waals surface area contributed by atoms with E-state index >= 15 is 0 Å². The normalized spacial score (nSPS) is 21.2. The average Bonchev–Trinajstić information content (AvgIpc) is 2.64. The smallest absolute Gasteiger partial charge is 0.336 e. The van der Waals surface area contributed by atoms with E-state index in [1.165, 1.54) is 0 Å². The minimum atomic E-state index is -0.892. The number of nitrogens with zero attached hydrogens (tertiary/aromatic N) is 1. The second-order valence-corrected chi connectivity index (χ2v) is 4.40. The molecule has 0 aromatic heterocycles. The van der Waals surface area contributed by atoms with Crippen molar-refractivity contribution in [1.82, 2.24) is 4.90 Å². The Morgan fingerprint density at radius 2 is 2.31 bits per heavy atom. The van der Waals surface area contributed by atoms with Gasteiger partial charge in [0.2, 0.25) is 0 Å². The summed E-state index contributed by atoms with van der Waals surface area (Å²) in [6.07, 6.45) is 1.01. The van der Waals surface area contributed by atoms with Crippen molar-refractivity contribution in [2.45, 2.75) is 12.3 Å². The zero-order valence-corrected chi connectivity index (χ0v) is 9.31. The molecule has 0 radical (unpaired) electrons. The van der Waals surface area contributed by atoms with Gasteiger partial charge in [-0.05, 0) is 43.6 Å². The number of anilines is 1. The number of nitrogens with two attached hydrogens (primary N) is 1. The maximum absolute atomic E-state index is 11.1. The van der Waals surface area contributed by atoms with Gasteiger partial charge in [-0.1, -0.05) is 6.07 Å². The zero-order valence-electron chi connectivity index (χ0n) is 9.31. The van der Waals surface area contributed by atoms with Gasteiger partial charge in [0.1, 0.15) is 0 Å². The van der Waals surface area contributed by atoms with Crippen molar-refractivity contribution in [3.63, 3.8) is 0 Å². The molecule has 1 heterocycles. The summed E-state index contributed by atoms with van der Waals surface area (Å²) in [6.45, 7) is 1.94. The van der Waals surface area contributed by atoms with Crippen molar-refractivity contribution in [3.05, 3.63) is 29.3 Å². The Hall–Kier alpha value is -1.55. The number of carboxylic acid groups (broad SMARTS) is 1. The van der Waals surface area contributed by atoms with Crippen LogP contribution in [0.2, 0.25) is 0 Å². The first kappa shape index (κ1) is 11.0. The van der Waals surface area contributed by atoms with Crippen LogP contribution < -0.4 is 5.73 Å². The Morgan fingerprint density at radius 3 is 2.88 bits per heavy atom. The molecule has 0 aliphatic carbocycles. The maximum Gasteiger partial charge on any atom is 0.336 e. The summed E-state index contributed by atoms with van der Waals surface area (Å²) in [5.74, 6) is -0.575. The molecule has 0 bridgehead atoms. The molecule has 1 fully saturated rings. The maximum atomic E-state index is 11.1. The fourth-order valence-corrected chi connectivity index (χ4v) is 2.30. The van der Waals surface area contributed by atoms with Crippen LogP contribution in [-0.2, 0) is 0 Å². The molecule has 2 rings (SSSR count). The Balaban J connectivity index is 2.36. The first-order chi connectivity index (χ1) is 7.58. The second-order valence-electron chi connectivity index (χ2n) is 4.40. The number of aromatic carboxylic acids is 1. The molecule has 16 heavy (non-hydrogen) atoms. The molecule has 0 saturated carbocycles. The predicted molar refractivity (Wildman–Crippen MR) is 62.7 cm³/mol. The van der Waals surface area contributed by atoms with Gasteiger partial charge in [0, 0.05) is 12.2 Å². The molecule has 3 N–H and O–H groups in total. The highest BCUT2D eigenvalue weighted by Crippen LogP contribution is 2.29. The topological polar surface area (TPSA) is 66.6 Å². The molecule has 1 aromatic carbocycles. The van der Waals surface area contributed by atoms with E-state index in [0.717, 1.165) is 25.1 Å². The van der Waals surface area contributed by atoms with Crippen molar-refractivity contribution in [1.29, 1.82) is 0 Å². The van der Waals surface area contributed by atoms with Crippen molar-refractivity contribution < 1.29 is 9.90 Å². The third-order valence-corrected chi connectivity index (χ3v) is 3.14. The van der Waals surface area contributed by atoms with Crippen LogP contribution in [0.15, 0.2) is 18.2 Å². The molecule has 1 saturated heterocycles. The fourth-order valence-electron chi connectivity index (χ4n) is 2.30. The van der Waals surface area contributed by atoms with Gasteiger partial charge in [-0.2, -0.15) is 0 Å². The molecule has 1 atom stereocenters. The molecular formula is C12H16N2O2. The standard InChI is InChI=1S/C12H16N2O2/c1-14-5-4-8(7-14)10-3-2-9(13)6-11(10)12(15)16/h2-3,6,8H,4-5,7,13H2,1H3,(H,15,16). The van der Waals surface area contributed by atoms with E-state index < -0.39 is 5.97 Å². The number of rotatable bonds is 2. The lowest BCUT2D eigenvalue weighted by molar-refractivity contribution is 0.0695.